The number of carbonyl (C=O) groups is 1. The summed E-state index contributed by atoms with van der Waals surface area (Å²) in [5, 5.41) is 9.19. The van der Waals surface area contributed by atoms with E-state index in [2.05, 4.69) is 58.9 Å². The number of rotatable bonds is 5. The molecule has 166 valence electrons. The zero-order valence-corrected chi connectivity index (χ0v) is 19.2. The van der Waals surface area contributed by atoms with Crippen LogP contribution in [0.25, 0.3) is 0 Å². The minimum absolute atomic E-state index is 0.00889. The summed E-state index contributed by atoms with van der Waals surface area (Å²) < 4.78 is 13.1. The molecule has 1 saturated heterocycles. The number of hydrogen-bond donors (Lipinski definition) is 1. The molecular weight excluding hydrogens is 388 g/mol. The van der Waals surface area contributed by atoms with Crippen molar-refractivity contribution >= 4 is 5.97 Å². The third-order valence-electron chi connectivity index (χ3n) is 6.86. The molecule has 4 rings (SSSR count). The Labute approximate surface area is 185 Å². The molecule has 31 heavy (non-hydrogen) atoms. The Morgan fingerprint density at radius 1 is 1.13 bits per heavy atom. The van der Waals surface area contributed by atoms with Gasteiger partial charge in [-0.2, -0.15) is 0 Å². The Balaban J connectivity index is 1.62. The minimum atomic E-state index is -0.826. The Morgan fingerprint density at radius 3 is 2.45 bits per heavy atom. The summed E-state index contributed by atoms with van der Waals surface area (Å²) in [6.07, 6.45) is 2.07. The summed E-state index contributed by atoms with van der Waals surface area (Å²) in [5.41, 5.74) is 4.11. The lowest BCUT2D eigenvalue weighted by Crippen LogP contribution is -2.50. The van der Waals surface area contributed by atoms with Crippen molar-refractivity contribution in [1.29, 1.82) is 0 Å². The first kappa shape index (κ1) is 21.9. The van der Waals surface area contributed by atoms with E-state index in [-0.39, 0.29) is 30.1 Å². The van der Waals surface area contributed by atoms with E-state index in [0.29, 0.717) is 11.8 Å². The van der Waals surface area contributed by atoms with Crippen LogP contribution in [0.3, 0.4) is 0 Å². The van der Waals surface area contributed by atoms with E-state index in [1.54, 1.807) is 0 Å². The van der Waals surface area contributed by atoms with Gasteiger partial charge >= 0.3 is 5.97 Å². The predicted molar refractivity (Wildman–Crippen MR) is 122 cm³/mol. The molecule has 0 unspecified atom stereocenters. The third-order valence-corrected chi connectivity index (χ3v) is 6.86. The smallest absolute Gasteiger partial charge is 0.307 e. The fraction of sp³-hybridized carbons (Fsp3) is 0.519. The van der Waals surface area contributed by atoms with Crippen LogP contribution in [0.4, 0.5) is 0 Å². The van der Waals surface area contributed by atoms with Gasteiger partial charge in [0.25, 0.3) is 0 Å². The minimum Gasteiger partial charge on any atom is -0.487 e. The molecule has 0 aromatic heterocycles. The summed E-state index contributed by atoms with van der Waals surface area (Å²) >= 11 is 0. The van der Waals surface area contributed by atoms with E-state index < -0.39 is 5.97 Å². The molecule has 2 aromatic rings. The quantitative estimate of drug-likeness (QED) is 0.648. The number of carboxylic acids is 1. The molecule has 0 aliphatic carbocycles. The highest BCUT2D eigenvalue weighted by Gasteiger charge is 2.49. The van der Waals surface area contributed by atoms with Crippen LogP contribution in [0.2, 0.25) is 0 Å². The van der Waals surface area contributed by atoms with Gasteiger partial charge < -0.3 is 14.6 Å². The maximum atomic E-state index is 11.2. The van der Waals surface area contributed by atoms with Crippen LogP contribution in [0.15, 0.2) is 42.5 Å². The van der Waals surface area contributed by atoms with Crippen LogP contribution < -0.4 is 4.74 Å². The van der Waals surface area contributed by atoms with E-state index in [0.717, 1.165) is 29.7 Å². The number of carboxylic acid groups (broad SMARTS) is 1. The summed E-state index contributed by atoms with van der Waals surface area (Å²) in [6, 6.07) is 14.7. The molecule has 0 bridgehead atoms. The summed E-state index contributed by atoms with van der Waals surface area (Å²) in [6.45, 7) is 10.9. The zero-order chi connectivity index (χ0) is 22.3. The van der Waals surface area contributed by atoms with Crippen LogP contribution >= 0.6 is 0 Å². The maximum Gasteiger partial charge on any atom is 0.307 e. The largest absolute Gasteiger partial charge is 0.487 e. The van der Waals surface area contributed by atoms with Gasteiger partial charge in [-0.15, -0.1) is 0 Å². The van der Waals surface area contributed by atoms with Crippen molar-refractivity contribution in [1.82, 2.24) is 0 Å². The number of hydrogen-bond acceptors (Lipinski definition) is 3. The monoisotopic (exact) mass is 422 g/mol. The van der Waals surface area contributed by atoms with E-state index >= 15 is 0 Å². The molecule has 2 heterocycles. The number of benzene rings is 2. The van der Waals surface area contributed by atoms with E-state index in [1.807, 2.05) is 18.2 Å². The van der Waals surface area contributed by atoms with Crippen molar-refractivity contribution in [3.05, 3.63) is 64.7 Å². The van der Waals surface area contributed by atoms with Crippen molar-refractivity contribution in [3.63, 3.8) is 0 Å². The normalized spacial score (nSPS) is 26.6. The Kier molecular flexibility index (Phi) is 5.87. The highest BCUT2D eigenvalue weighted by molar-refractivity contribution is 5.70. The van der Waals surface area contributed by atoms with Crippen LogP contribution in [0.1, 0.15) is 75.3 Å². The average Bonchev–Trinajstić information content (AvgIpc) is 2.68. The third kappa shape index (κ3) is 4.50. The van der Waals surface area contributed by atoms with Gasteiger partial charge in [-0.1, -0.05) is 44.2 Å². The molecule has 0 radical (unpaired) electrons. The molecule has 2 aliphatic heterocycles. The molecule has 1 N–H and O–H groups in total. The lowest BCUT2D eigenvalue weighted by molar-refractivity contribution is -0.153. The molecule has 4 atom stereocenters. The van der Waals surface area contributed by atoms with Crippen molar-refractivity contribution in [3.8, 4) is 5.75 Å². The lowest BCUT2D eigenvalue weighted by Gasteiger charge is -2.50. The van der Waals surface area contributed by atoms with Crippen LogP contribution in [0, 0.1) is 11.8 Å². The van der Waals surface area contributed by atoms with Crippen molar-refractivity contribution in [2.24, 2.45) is 11.8 Å². The fourth-order valence-corrected chi connectivity index (χ4v) is 5.28. The first-order chi connectivity index (χ1) is 14.6. The van der Waals surface area contributed by atoms with Gasteiger partial charge in [0.05, 0.1) is 18.6 Å². The topological polar surface area (TPSA) is 55.8 Å². The molecule has 4 nitrogen and oxygen atoms in total. The zero-order valence-electron chi connectivity index (χ0n) is 19.2. The summed E-state index contributed by atoms with van der Waals surface area (Å²) in [5.74, 6) is 1.13. The van der Waals surface area contributed by atoms with Crippen molar-refractivity contribution in [2.75, 3.05) is 0 Å². The Bertz CT molecular complexity index is 944. The van der Waals surface area contributed by atoms with Gasteiger partial charge in [-0.3, -0.25) is 4.79 Å². The molecular formula is C27H34O4. The number of ether oxygens (including phenoxy) is 2. The number of fused-ring (bicyclic) bond motifs is 3. The molecule has 0 spiro atoms. The van der Waals surface area contributed by atoms with Crippen LogP contribution in [-0.4, -0.2) is 22.8 Å². The fourth-order valence-electron chi connectivity index (χ4n) is 5.28. The highest BCUT2D eigenvalue weighted by atomic mass is 16.5. The molecule has 2 aromatic carbocycles. The molecule has 2 aliphatic rings. The average molecular weight is 423 g/mol. The second-order valence-electron chi connectivity index (χ2n) is 10.2. The highest BCUT2D eigenvalue weighted by Crippen LogP contribution is 2.53. The standard InChI is InChI=1S/C27H34O4/c1-16(2)12-18-6-9-20(10-7-18)21-15-23-26(30-17(21)3)22-13-19(14-25(28)29)8-11-24(22)31-27(23,4)5/h6-11,13,16-17,21,23,26H,12,14-15H2,1-5H3,(H,28,29)/t17-,21-,23-,26+/m0/s1. The first-order valence-corrected chi connectivity index (χ1v) is 11.4. The van der Waals surface area contributed by atoms with Gasteiger partial charge in [0.1, 0.15) is 11.4 Å². The van der Waals surface area contributed by atoms with Gasteiger partial charge in [-0.05, 0) is 68.4 Å². The summed E-state index contributed by atoms with van der Waals surface area (Å²) in [7, 11) is 0. The van der Waals surface area contributed by atoms with Gasteiger partial charge in [-0.25, -0.2) is 0 Å². The second kappa shape index (κ2) is 8.31. The molecule has 1 fully saturated rings. The van der Waals surface area contributed by atoms with Gasteiger partial charge in [0, 0.05) is 17.4 Å². The van der Waals surface area contributed by atoms with Crippen molar-refractivity contribution in [2.45, 2.75) is 77.6 Å². The maximum absolute atomic E-state index is 11.2. The summed E-state index contributed by atoms with van der Waals surface area (Å²) in [4.78, 5) is 11.2. The van der Waals surface area contributed by atoms with Crippen molar-refractivity contribution < 1.29 is 19.4 Å². The van der Waals surface area contributed by atoms with E-state index in [4.69, 9.17) is 9.47 Å². The lowest BCUT2D eigenvalue weighted by atomic mass is 9.70. The molecule has 0 amide bonds. The first-order valence-electron chi connectivity index (χ1n) is 11.4. The van der Waals surface area contributed by atoms with Crippen LogP contribution in [-0.2, 0) is 22.4 Å². The van der Waals surface area contributed by atoms with Crippen LogP contribution in [0.5, 0.6) is 5.75 Å². The Morgan fingerprint density at radius 2 is 1.81 bits per heavy atom. The predicted octanol–water partition coefficient (Wildman–Crippen LogP) is 5.93. The van der Waals surface area contributed by atoms with Gasteiger partial charge in [0.2, 0.25) is 0 Å². The molecule has 4 heteroatoms. The second-order valence-corrected chi connectivity index (χ2v) is 10.2. The Hall–Kier alpha value is -2.33. The van der Waals surface area contributed by atoms with E-state index in [1.165, 1.54) is 11.1 Å². The SMILES string of the molecule is CC(C)Cc1ccc([C@H]2C[C@H]3[C@H](O[C@H]2C)c2cc(CC(=O)O)ccc2OC3(C)C)cc1. The van der Waals surface area contributed by atoms with E-state index in [9.17, 15) is 9.90 Å². The molecule has 0 saturated carbocycles. The van der Waals surface area contributed by atoms with Gasteiger partial charge in [0.15, 0.2) is 0 Å². The number of aliphatic carboxylic acids is 1.